The summed E-state index contributed by atoms with van der Waals surface area (Å²) in [5.74, 6) is -1.90. The van der Waals surface area contributed by atoms with Gasteiger partial charge in [-0.2, -0.15) is 5.10 Å². The number of aryl methyl sites for hydroxylation is 2. The molecule has 1 atom stereocenters. The van der Waals surface area contributed by atoms with Crippen molar-refractivity contribution in [3.8, 4) is 0 Å². The van der Waals surface area contributed by atoms with E-state index < -0.39 is 23.0 Å². The number of esters is 1. The normalized spacial score (nSPS) is 19.0. The standard InChI is InChI=1S/C22H27F2N3O3/c1-3-30-21(29)22(14-17-5-6-18(23)13-19(17)24)9-4-11-26(15-22)20(28)8-12-27-16(2)7-10-25-27/h5-7,10,13H,3-4,8-9,11-12,14-15H2,1-2H3. The Hall–Kier alpha value is -2.77. The minimum Gasteiger partial charge on any atom is -0.466 e. The summed E-state index contributed by atoms with van der Waals surface area (Å²) >= 11 is 0. The van der Waals surface area contributed by atoms with Crippen molar-refractivity contribution in [1.29, 1.82) is 0 Å². The molecule has 0 radical (unpaired) electrons. The van der Waals surface area contributed by atoms with Gasteiger partial charge in [-0.3, -0.25) is 14.3 Å². The number of ether oxygens (including phenoxy) is 1. The molecule has 0 bridgehead atoms. The molecule has 0 aliphatic carbocycles. The van der Waals surface area contributed by atoms with E-state index in [0.29, 0.717) is 25.9 Å². The molecule has 0 N–H and O–H groups in total. The van der Waals surface area contributed by atoms with Crippen LogP contribution in [0.15, 0.2) is 30.5 Å². The van der Waals surface area contributed by atoms with E-state index in [9.17, 15) is 18.4 Å². The van der Waals surface area contributed by atoms with Gasteiger partial charge in [-0.1, -0.05) is 6.07 Å². The molecule has 1 amide bonds. The highest BCUT2D eigenvalue weighted by atomic mass is 19.1. The molecule has 1 unspecified atom stereocenters. The molecule has 0 saturated carbocycles. The second-order valence-electron chi connectivity index (χ2n) is 7.78. The van der Waals surface area contributed by atoms with Crippen molar-refractivity contribution in [1.82, 2.24) is 14.7 Å². The van der Waals surface area contributed by atoms with Crippen molar-refractivity contribution in [3.63, 3.8) is 0 Å². The quantitative estimate of drug-likeness (QED) is 0.646. The second kappa shape index (κ2) is 9.36. The van der Waals surface area contributed by atoms with Crippen LogP contribution in [0.4, 0.5) is 8.78 Å². The summed E-state index contributed by atoms with van der Waals surface area (Å²) in [5, 5.41) is 4.19. The zero-order valence-electron chi connectivity index (χ0n) is 17.4. The number of nitrogens with zero attached hydrogens (tertiary/aromatic N) is 3. The molecule has 2 heterocycles. The number of carbonyl (C=O) groups excluding carboxylic acids is 2. The Balaban J connectivity index is 1.77. The molecular formula is C22H27F2N3O3. The van der Waals surface area contributed by atoms with Gasteiger partial charge in [0, 0.05) is 44.0 Å². The van der Waals surface area contributed by atoms with Crippen molar-refractivity contribution < 1.29 is 23.1 Å². The predicted octanol–water partition coefficient (Wildman–Crippen LogP) is 3.27. The summed E-state index contributed by atoms with van der Waals surface area (Å²) in [6, 6.07) is 5.21. The first-order valence-corrected chi connectivity index (χ1v) is 10.2. The van der Waals surface area contributed by atoms with E-state index in [4.69, 9.17) is 4.74 Å². The summed E-state index contributed by atoms with van der Waals surface area (Å²) in [7, 11) is 0. The van der Waals surface area contributed by atoms with Gasteiger partial charge in [0.05, 0.1) is 12.0 Å². The lowest BCUT2D eigenvalue weighted by molar-refractivity contribution is -0.160. The first-order chi connectivity index (χ1) is 14.3. The van der Waals surface area contributed by atoms with Crippen molar-refractivity contribution >= 4 is 11.9 Å². The lowest BCUT2D eigenvalue weighted by atomic mass is 9.74. The lowest BCUT2D eigenvalue weighted by Crippen LogP contribution is -2.51. The van der Waals surface area contributed by atoms with Gasteiger partial charge < -0.3 is 9.64 Å². The van der Waals surface area contributed by atoms with E-state index in [1.165, 1.54) is 12.1 Å². The number of halogens is 2. The number of rotatable bonds is 7. The van der Waals surface area contributed by atoms with E-state index >= 15 is 0 Å². The molecule has 2 aromatic rings. The van der Waals surface area contributed by atoms with Gasteiger partial charge in [-0.25, -0.2) is 8.78 Å². The van der Waals surface area contributed by atoms with Crippen LogP contribution in [0.25, 0.3) is 0 Å². The van der Waals surface area contributed by atoms with Crippen LogP contribution in [-0.2, 0) is 27.3 Å². The molecule has 162 valence electrons. The lowest BCUT2D eigenvalue weighted by Gasteiger charge is -2.41. The van der Waals surface area contributed by atoms with Crippen LogP contribution in [0.2, 0.25) is 0 Å². The molecule has 1 aliphatic heterocycles. The molecule has 3 rings (SSSR count). The average Bonchev–Trinajstić information content (AvgIpc) is 3.13. The van der Waals surface area contributed by atoms with Gasteiger partial charge in [0.2, 0.25) is 5.91 Å². The monoisotopic (exact) mass is 419 g/mol. The Bertz CT molecular complexity index is 915. The molecule has 1 fully saturated rings. The molecule has 0 spiro atoms. The topological polar surface area (TPSA) is 64.4 Å². The Kier molecular flexibility index (Phi) is 6.84. The maximum atomic E-state index is 14.3. The number of carbonyl (C=O) groups is 2. The van der Waals surface area contributed by atoms with E-state index in [0.717, 1.165) is 11.8 Å². The van der Waals surface area contributed by atoms with Crippen molar-refractivity contribution in [3.05, 3.63) is 53.4 Å². The fraction of sp³-hybridized carbons (Fsp3) is 0.500. The summed E-state index contributed by atoms with van der Waals surface area (Å²) in [6.45, 7) is 4.96. The van der Waals surface area contributed by atoms with Crippen LogP contribution in [0, 0.1) is 24.0 Å². The zero-order valence-corrected chi connectivity index (χ0v) is 17.4. The van der Waals surface area contributed by atoms with Crippen LogP contribution >= 0.6 is 0 Å². The molecule has 8 heteroatoms. The van der Waals surface area contributed by atoms with Gasteiger partial charge in [0.15, 0.2) is 0 Å². The minimum atomic E-state index is -1.05. The summed E-state index contributed by atoms with van der Waals surface area (Å²) in [5.41, 5.74) is 0.157. The van der Waals surface area contributed by atoms with E-state index in [1.54, 1.807) is 22.7 Å². The summed E-state index contributed by atoms with van der Waals surface area (Å²) < 4.78 is 34.7. The highest BCUT2D eigenvalue weighted by molar-refractivity contribution is 5.81. The SMILES string of the molecule is CCOC(=O)C1(Cc2ccc(F)cc2F)CCCN(C(=O)CCn2nccc2C)C1. The maximum absolute atomic E-state index is 14.3. The smallest absolute Gasteiger partial charge is 0.314 e. The Morgan fingerprint density at radius 1 is 1.27 bits per heavy atom. The second-order valence-corrected chi connectivity index (χ2v) is 7.78. The number of benzene rings is 1. The van der Waals surface area contributed by atoms with Gasteiger partial charge in [-0.05, 0) is 50.8 Å². The van der Waals surface area contributed by atoms with E-state index in [2.05, 4.69) is 5.10 Å². The number of likely N-dealkylation sites (tertiary alicyclic amines) is 1. The van der Waals surface area contributed by atoms with Gasteiger partial charge in [0.25, 0.3) is 0 Å². The highest BCUT2D eigenvalue weighted by Gasteiger charge is 2.45. The fourth-order valence-electron chi connectivity index (χ4n) is 4.03. The first kappa shape index (κ1) is 21.9. The maximum Gasteiger partial charge on any atom is 0.314 e. The number of aromatic nitrogens is 2. The largest absolute Gasteiger partial charge is 0.466 e. The first-order valence-electron chi connectivity index (χ1n) is 10.2. The number of hydrogen-bond acceptors (Lipinski definition) is 4. The number of piperidine rings is 1. The van der Waals surface area contributed by atoms with Crippen LogP contribution in [0.1, 0.15) is 37.4 Å². The molecule has 1 aromatic carbocycles. The zero-order chi connectivity index (χ0) is 21.7. The summed E-state index contributed by atoms with van der Waals surface area (Å²) in [6.07, 6.45) is 3.08. The molecule has 30 heavy (non-hydrogen) atoms. The van der Waals surface area contributed by atoms with Gasteiger partial charge >= 0.3 is 5.97 Å². The minimum absolute atomic E-state index is 0.0555. The van der Waals surface area contributed by atoms with Crippen LogP contribution in [0.5, 0.6) is 0 Å². The number of amides is 1. The molecule has 1 saturated heterocycles. The summed E-state index contributed by atoms with van der Waals surface area (Å²) in [4.78, 5) is 27.4. The van der Waals surface area contributed by atoms with Crippen LogP contribution in [-0.4, -0.2) is 46.3 Å². The van der Waals surface area contributed by atoms with Gasteiger partial charge in [0.1, 0.15) is 11.6 Å². The molecular weight excluding hydrogens is 392 g/mol. The van der Waals surface area contributed by atoms with E-state index in [-0.39, 0.29) is 37.5 Å². The van der Waals surface area contributed by atoms with Crippen LogP contribution in [0.3, 0.4) is 0 Å². The Morgan fingerprint density at radius 2 is 2.07 bits per heavy atom. The third-order valence-electron chi connectivity index (χ3n) is 5.65. The van der Waals surface area contributed by atoms with Crippen molar-refractivity contribution in [2.45, 2.75) is 46.1 Å². The Morgan fingerprint density at radius 3 is 2.73 bits per heavy atom. The third-order valence-corrected chi connectivity index (χ3v) is 5.65. The Labute approximate surface area is 174 Å². The average molecular weight is 419 g/mol. The van der Waals surface area contributed by atoms with Crippen LogP contribution < -0.4 is 0 Å². The molecule has 6 nitrogen and oxygen atoms in total. The predicted molar refractivity (Wildman–Crippen MR) is 107 cm³/mol. The fourth-order valence-corrected chi connectivity index (χ4v) is 4.03. The number of hydrogen-bond donors (Lipinski definition) is 0. The highest BCUT2D eigenvalue weighted by Crippen LogP contribution is 2.36. The molecule has 1 aliphatic rings. The van der Waals surface area contributed by atoms with E-state index in [1.807, 2.05) is 13.0 Å². The van der Waals surface area contributed by atoms with Crippen molar-refractivity contribution in [2.24, 2.45) is 5.41 Å². The van der Waals surface area contributed by atoms with Gasteiger partial charge in [-0.15, -0.1) is 0 Å². The van der Waals surface area contributed by atoms with Crippen molar-refractivity contribution in [2.75, 3.05) is 19.7 Å². The third kappa shape index (κ3) is 4.86. The molecule has 1 aromatic heterocycles.